The topological polar surface area (TPSA) is 57.6 Å². The maximum atomic E-state index is 12.8. The molecule has 1 aliphatic heterocycles. The zero-order valence-electron chi connectivity index (χ0n) is 12.6. The van der Waals surface area contributed by atoms with Crippen LogP contribution in [0.5, 0.6) is 0 Å². The quantitative estimate of drug-likeness (QED) is 0.644. The molecule has 0 unspecified atom stereocenters. The van der Waals surface area contributed by atoms with Gasteiger partial charge in [0, 0.05) is 11.6 Å². The lowest BCUT2D eigenvalue weighted by molar-refractivity contribution is -0.128. The Morgan fingerprint density at radius 3 is 2.79 bits per heavy atom. The van der Waals surface area contributed by atoms with E-state index in [4.69, 9.17) is 11.6 Å². The Kier molecular flexibility index (Phi) is 4.55. The summed E-state index contributed by atoms with van der Waals surface area (Å²) in [6.45, 7) is 3.86. The number of thiophene rings is 1. The van der Waals surface area contributed by atoms with Gasteiger partial charge in [-0.1, -0.05) is 35.9 Å². The number of halogens is 1. The largest absolute Gasteiger partial charge is 0.503 e. The maximum Gasteiger partial charge on any atom is 0.290 e. The number of carbonyl (C=O) groups excluding carboxylic acids is 2. The molecule has 2 heterocycles. The fourth-order valence-electron chi connectivity index (χ4n) is 2.78. The van der Waals surface area contributed by atoms with Crippen LogP contribution in [0.3, 0.4) is 0 Å². The first kappa shape index (κ1) is 16.5. The smallest absolute Gasteiger partial charge is 0.290 e. The van der Waals surface area contributed by atoms with E-state index in [-0.39, 0.29) is 17.9 Å². The van der Waals surface area contributed by atoms with E-state index >= 15 is 0 Å². The molecular formula is C18H14ClNO3S. The number of carbonyl (C=O) groups is 2. The zero-order chi connectivity index (χ0) is 17.3. The third kappa shape index (κ3) is 2.77. The van der Waals surface area contributed by atoms with Crippen molar-refractivity contribution in [2.24, 2.45) is 0 Å². The van der Waals surface area contributed by atoms with Crippen LogP contribution in [0.15, 0.2) is 65.8 Å². The zero-order valence-corrected chi connectivity index (χ0v) is 14.2. The van der Waals surface area contributed by atoms with Crippen molar-refractivity contribution < 1.29 is 14.7 Å². The second kappa shape index (κ2) is 6.63. The van der Waals surface area contributed by atoms with Crippen LogP contribution >= 0.6 is 22.9 Å². The Morgan fingerprint density at radius 1 is 1.38 bits per heavy atom. The average molecular weight is 360 g/mol. The predicted molar refractivity (Wildman–Crippen MR) is 94.4 cm³/mol. The number of Topliss-reactive ketones (excluding diaryl/α,β-unsaturated/α-hetero) is 1. The van der Waals surface area contributed by atoms with Crippen molar-refractivity contribution >= 4 is 34.6 Å². The van der Waals surface area contributed by atoms with Crippen LogP contribution in [0.4, 0.5) is 0 Å². The van der Waals surface area contributed by atoms with Crippen LogP contribution in [0.2, 0.25) is 5.02 Å². The molecule has 1 amide bonds. The van der Waals surface area contributed by atoms with E-state index in [9.17, 15) is 14.7 Å². The minimum absolute atomic E-state index is 0.0755. The summed E-state index contributed by atoms with van der Waals surface area (Å²) in [7, 11) is 0. The van der Waals surface area contributed by atoms with Gasteiger partial charge < -0.3 is 10.0 Å². The summed E-state index contributed by atoms with van der Waals surface area (Å²) in [4.78, 5) is 27.2. The number of hydrogen-bond acceptors (Lipinski definition) is 4. The second-order valence-corrected chi connectivity index (χ2v) is 6.66. The fraction of sp³-hybridized carbons (Fsp3) is 0.111. The van der Waals surface area contributed by atoms with Crippen molar-refractivity contribution in [1.29, 1.82) is 0 Å². The van der Waals surface area contributed by atoms with Crippen molar-refractivity contribution in [1.82, 2.24) is 4.90 Å². The molecule has 2 aromatic rings. The van der Waals surface area contributed by atoms with Gasteiger partial charge in [0.25, 0.3) is 5.91 Å². The van der Waals surface area contributed by atoms with E-state index in [2.05, 4.69) is 6.58 Å². The first-order chi connectivity index (χ1) is 11.5. The van der Waals surface area contributed by atoms with E-state index < -0.39 is 17.7 Å². The Labute approximate surface area is 148 Å². The van der Waals surface area contributed by atoms with Crippen molar-refractivity contribution in [3.05, 3.63) is 81.2 Å². The monoisotopic (exact) mass is 359 g/mol. The number of rotatable bonds is 5. The molecular weight excluding hydrogens is 346 g/mol. The third-order valence-electron chi connectivity index (χ3n) is 3.78. The van der Waals surface area contributed by atoms with Gasteiger partial charge in [0.15, 0.2) is 5.76 Å². The summed E-state index contributed by atoms with van der Waals surface area (Å²) in [6.07, 6.45) is 1.56. The van der Waals surface area contributed by atoms with E-state index in [1.54, 1.807) is 47.9 Å². The van der Waals surface area contributed by atoms with E-state index in [0.29, 0.717) is 15.5 Å². The minimum atomic E-state index is -0.691. The molecule has 4 nitrogen and oxygen atoms in total. The molecule has 1 aromatic carbocycles. The summed E-state index contributed by atoms with van der Waals surface area (Å²) in [5.74, 6) is -1.45. The van der Waals surface area contributed by atoms with Gasteiger partial charge in [0.05, 0.1) is 16.5 Å². The van der Waals surface area contributed by atoms with Crippen LogP contribution in [-0.4, -0.2) is 28.2 Å². The number of nitrogens with zero attached hydrogens (tertiary/aromatic N) is 1. The van der Waals surface area contributed by atoms with Crippen molar-refractivity contribution in [2.75, 3.05) is 6.54 Å². The number of benzene rings is 1. The molecule has 0 bridgehead atoms. The maximum absolute atomic E-state index is 12.8. The van der Waals surface area contributed by atoms with Gasteiger partial charge in [0.1, 0.15) is 0 Å². The first-order valence-corrected chi connectivity index (χ1v) is 8.49. The van der Waals surface area contributed by atoms with Crippen LogP contribution in [0.25, 0.3) is 0 Å². The van der Waals surface area contributed by atoms with Gasteiger partial charge in [0.2, 0.25) is 5.78 Å². The molecule has 1 N–H and O–H groups in total. The number of aliphatic hydroxyl groups is 1. The molecule has 0 fully saturated rings. The molecule has 0 saturated heterocycles. The van der Waals surface area contributed by atoms with Crippen LogP contribution < -0.4 is 0 Å². The van der Waals surface area contributed by atoms with Gasteiger partial charge in [-0.25, -0.2) is 0 Å². The SMILES string of the molecule is C=CCN1C(=O)C(O)=C(C(=O)c2cccs2)[C@@H]1c1cccc(Cl)c1. The highest BCUT2D eigenvalue weighted by molar-refractivity contribution is 7.12. The first-order valence-electron chi connectivity index (χ1n) is 7.23. The lowest BCUT2D eigenvalue weighted by Gasteiger charge is -2.25. The van der Waals surface area contributed by atoms with E-state index in [1.165, 1.54) is 16.2 Å². The van der Waals surface area contributed by atoms with Crippen LogP contribution in [0, 0.1) is 0 Å². The third-order valence-corrected chi connectivity index (χ3v) is 4.89. The summed E-state index contributed by atoms with van der Waals surface area (Å²) < 4.78 is 0. The lowest BCUT2D eigenvalue weighted by atomic mass is 9.95. The summed E-state index contributed by atoms with van der Waals surface area (Å²) in [5.41, 5.74) is 0.744. The standard InChI is InChI=1S/C18H14ClNO3S/c1-2-8-20-15(11-5-3-6-12(19)10-11)14(17(22)18(20)23)16(21)13-7-4-9-24-13/h2-7,9-10,15,22H,1,8H2/t15-/m0/s1. The lowest BCUT2D eigenvalue weighted by Crippen LogP contribution is -2.31. The highest BCUT2D eigenvalue weighted by Crippen LogP contribution is 2.39. The molecule has 1 aliphatic rings. The summed E-state index contributed by atoms with van der Waals surface area (Å²) in [5, 5.41) is 12.6. The van der Waals surface area contributed by atoms with Crippen molar-refractivity contribution in [2.45, 2.75) is 6.04 Å². The van der Waals surface area contributed by atoms with Crippen LogP contribution in [0.1, 0.15) is 21.3 Å². The number of hydrogen-bond donors (Lipinski definition) is 1. The molecule has 6 heteroatoms. The van der Waals surface area contributed by atoms with Gasteiger partial charge in [-0.3, -0.25) is 9.59 Å². The number of amides is 1. The Morgan fingerprint density at radius 2 is 2.17 bits per heavy atom. The van der Waals surface area contributed by atoms with Crippen LogP contribution in [-0.2, 0) is 4.79 Å². The molecule has 0 spiro atoms. The highest BCUT2D eigenvalue weighted by Gasteiger charge is 2.43. The summed E-state index contributed by atoms with van der Waals surface area (Å²) in [6, 6.07) is 9.66. The van der Waals surface area contributed by atoms with Gasteiger partial charge >= 0.3 is 0 Å². The molecule has 0 aliphatic carbocycles. The Balaban J connectivity index is 2.13. The van der Waals surface area contributed by atoms with Gasteiger partial charge in [-0.2, -0.15) is 0 Å². The van der Waals surface area contributed by atoms with Crippen molar-refractivity contribution in [3.8, 4) is 0 Å². The van der Waals surface area contributed by atoms with E-state index in [0.717, 1.165) is 0 Å². The van der Waals surface area contributed by atoms with Gasteiger partial charge in [-0.15, -0.1) is 17.9 Å². The Bertz CT molecular complexity index is 842. The molecule has 24 heavy (non-hydrogen) atoms. The number of aliphatic hydroxyl groups excluding tert-OH is 1. The molecule has 0 radical (unpaired) electrons. The molecule has 0 saturated carbocycles. The predicted octanol–water partition coefficient (Wildman–Crippen LogP) is 4.17. The molecule has 1 atom stereocenters. The minimum Gasteiger partial charge on any atom is -0.503 e. The average Bonchev–Trinajstić information content (AvgIpc) is 3.17. The highest BCUT2D eigenvalue weighted by atomic mass is 35.5. The molecule has 3 rings (SSSR count). The fourth-order valence-corrected chi connectivity index (χ4v) is 3.65. The number of ketones is 1. The van der Waals surface area contributed by atoms with Crippen molar-refractivity contribution in [3.63, 3.8) is 0 Å². The van der Waals surface area contributed by atoms with Gasteiger partial charge in [-0.05, 0) is 29.1 Å². The molecule has 1 aromatic heterocycles. The summed E-state index contributed by atoms with van der Waals surface area (Å²) >= 11 is 7.33. The second-order valence-electron chi connectivity index (χ2n) is 5.27. The van der Waals surface area contributed by atoms with E-state index in [1.807, 2.05) is 0 Å². The Hall–Kier alpha value is -2.37. The normalized spacial score (nSPS) is 17.5. The molecule has 122 valence electrons.